The number of furan rings is 1. The van der Waals surface area contributed by atoms with Crippen LogP contribution in [0.1, 0.15) is 5.82 Å². The standard InChI is InChI=1S/C18H23N7OS.HI/c1-19-18(25-10-8-24(9-11-25)16-5-3-13-27-16)20-7-6-15-21-17(23-22-15)14-4-2-12-26-14;/h2-5,12-13H,6-11H2,1H3,(H,19,20)(H,21,22,23);1H. The van der Waals surface area contributed by atoms with Crippen LogP contribution >= 0.6 is 35.3 Å². The molecule has 0 spiro atoms. The molecule has 0 bridgehead atoms. The van der Waals surface area contributed by atoms with Crippen LogP contribution in [0.25, 0.3) is 11.6 Å². The zero-order chi connectivity index (χ0) is 18.5. The number of anilines is 1. The van der Waals surface area contributed by atoms with E-state index in [0.29, 0.717) is 11.6 Å². The van der Waals surface area contributed by atoms with Gasteiger partial charge in [-0.3, -0.25) is 10.1 Å². The van der Waals surface area contributed by atoms with Gasteiger partial charge in [0.2, 0.25) is 5.82 Å². The Labute approximate surface area is 185 Å². The van der Waals surface area contributed by atoms with Crippen molar-refractivity contribution in [2.24, 2.45) is 4.99 Å². The van der Waals surface area contributed by atoms with E-state index >= 15 is 0 Å². The van der Waals surface area contributed by atoms with Crippen molar-refractivity contribution in [3.63, 3.8) is 0 Å². The summed E-state index contributed by atoms with van der Waals surface area (Å²) in [6, 6.07) is 7.97. The molecule has 0 saturated carbocycles. The SMILES string of the molecule is CN=C(NCCc1nc(-c2ccco2)n[nH]1)N1CCN(c2cccs2)CC1.I. The van der Waals surface area contributed by atoms with Crippen molar-refractivity contribution >= 4 is 46.3 Å². The molecule has 10 heteroatoms. The first-order valence-electron chi connectivity index (χ1n) is 9.02. The minimum Gasteiger partial charge on any atom is -0.461 e. The second kappa shape index (κ2) is 9.92. The number of piperazine rings is 1. The average molecular weight is 513 g/mol. The number of aliphatic imine (C=N–C) groups is 1. The van der Waals surface area contributed by atoms with Crippen molar-refractivity contribution in [1.29, 1.82) is 0 Å². The van der Waals surface area contributed by atoms with Crippen molar-refractivity contribution < 1.29 is 4.42 Å². The van der Waals surface area contributed by atoms with E-state index in [1.165, 1.54) is 5.00 Å². The highest BCUT2D eigenvalue weighted by molar-refractivity contribution is 14.0. The molecule has 0 radical (unpaired) electrons. The van der Waals surface area contributed by atoms with Crippen LogP contribution in [0.3, 0.4) is 0 Å². The second-order valence-electron chi connectivity index (χ2n) is 6.23. The van der Waals surface area contributed by atoms with Gasteiger partial charge in [0.1, 0.15) is 5.82 Å². The molecular formula is C18H24IN7OS. The van der Waals surface area contributed by atoms with Crippen LogP contribution in [-0.2, 0) is 6.42 Å². The summed E-state index contributed by atoms with van der Waals surface area (Å²) in [5.74, 6) is 3.02. The van der Waals surface area contributed by atoms with E-state index in [1.807, 2.05) is 19.2 Å². The highest BCUT2D eigenvalue weighted by atomic mass is 127. The molecule has 1 aliphatic heterocycles. The predicted octanol–water partition coefficient (Wildman–Crippen LogP) is 2.68. The average Bonchev–Trinajstić information content (AvgIpc) is 3.48. The Hall–Kier alpha value is -2.08. The minimum absolute atomic E-state index is 0. The molecule has 2 N–H and O–H groups in total. The molecule has 3 aromatic rings. The third-order valence-electron chi connectivity index (χ3n) is 4.53. The summed E-state index contributed by atoms with van der Waals surface area (Å²) in [4.78, 5) is 13.6. The van der Waals surface area contributed by atoms with Gasteiger partial charge in [0.15, 0.2) is 11.7 Å². The molecule has 1 fully saturated rings. The largest absolute Gasteiger partial charge is 0.461 e. The smallest absolute Gasteiger partial charge is 0.216 e. The Bertz CT molecular complexity index is 855. The Morgan fingerprint density at radius 3 is 2.82 bits per heavy atom. The van der Waals surface area contributed by atoms with Gasteiger partial charge in [-0.25, -0.2) is 4.98 Å². The first-order chi connectivity index (χ1) is 13.3. The van der Waals surface area contributed by atoms with Crippen molar-refractivity contribution in [1.82, 2.24) is 25.4 Å². The molecule has 0 atom stereocenters. The second-order valence-corrected chi connectivity index (χ2v) is 7.16. The lowest BCUT2D eigenvalue weighted by atomic mass is 10.3. The monoisotopic (exact) mass is 513 g/mol. The zero-order valence-corrected chi connectivity index (χ0v) is 18.8. The van der Waals surface area contributed by atoms with Gasteiger partial charge in [0.05, 0.1) is 11.3 Å². The van der Waals surface area contributed by atoms with E-state index in [-0.39, 0.29) is 24.0 Å². The van der Waals surface area contributed by atoms with E-state index in [4.69, 9.17) is 4.42 Å². The molecule has 0 aromatic carbocycles. The molecule has 0 unspecified atom stereocenters. The fourth-order valence-corrected chi connectivity index (χ4v) is 3.92. The Kier molecular flexibility index (Phi) is 7.31. The Balaban J connectivity index is 0.00000225. The van der Waals surface area contributed by atoms with Gasteiger partial charge < -0.3 is 19.5 Å². The zero-order valence-electron chi connectivity index (χ0n) is 15.7. The maximum absolute atomic E-state index is 5.32. The lowest BCUT2D eigenvalue weighted by Crippen LogP contribution is -2.52. The van der Waals surface area contributed by atoms with Crippen LogP contribution in [0, 0.1) is 0 Å². The number of halogens is 1. The first kappa shape index (κ1) is 20.6. The molecule has 0 amide bonds. The number of nitrogens with zero attached hydrogens (tertiary/aromatic N) is 5. The number of aromatic amines is 1. The molecular weight excluding hydrogens is 489 g/mol. The summed E-state index contributed by atoms with van der Waals surface area (Å²) < 4.78 is 5.32. The summed E-state index contributed by atoms with van der Waals surface area (Å²) in [6.45, 7) is 4.68. The van der Waals surface area contributed by atoms with Crippen molar-refractivity contribution in [2.75, 3.05) is 44.7 Å². The summed E-state index contributed by atoms with van der Waals surface area (Å²) in [5, 5.41) is 14.1. The summed E-state index contributed by atoms with van der Waals surface area (Å²) in [7, 11) is 1.83. The van der Waals surface area contributed by atoms with Crippen LogP contribution in [0.2, 0.25) is 0 Å². The molecule has 4 heterocycles. The third-order valence-corrected chi connectivity index (χ3v) is 5.46. The molecule has 28 heavy (non-hydrogen) atoms. The van der Waals surface area contributed by atoms with Crippen LogP contribution in [0.4, 0.5) is 5.00 Å². The normalized spacial score (nSPS) is 14.8. The Morgan fingerprint density at radius 2 is 2.14 bits per heavy atom. The number of H-pyrrole nitrogens is 1. The quantitative estimate of drug-likeness (QED) is 0.310. The van der Waals surface area contributed by atoms with Crippen LogP contribution in [-0.4, -0.2) is 65.8 Å². The predicted molar refractivity (Wildman–Crippen MR) is 123 cm³/mol. The number of nitrogens with one attached hydrogen (secondary N) is 2. The van der Waals surface area contributed by atoms with Gasteiger partial charge in [-0.2, -0.15) is 5.10 Å². The molecule has 150 valence electrons. The number of guanidine groups is 1. The lowest BCUT2D eigenvalue weighted by Gasteiger charge is -2.37. The van der Waals surface area contributed by atoms with Gasteiger partial charge in [0.25, 0.3) is 0 Å². The Morgan fingerprint density at radius 1 is 1.29 bits per heavy atom. The van der Waals surface area contributed by atoms with E-state index in [2.05, 4.69) is 52.8 Å². The lowest BCUT2D eigenvalue weighted by molar-refractivity contribution is 0.373. The van der Waals surface area contributed by atoms with E-state index < -0.39 is 0 Å². The fourth-order valence-electron chi connectivity index (χ4n) is 3.14. The van der Waals surface area contributed by atoms with Gasteiger partial charge in [0, 0.05) is 46.2 Å². The van der Waals surface area contributed by atoms with Crippen LogP contribution < -0.4 is 10.2 Å². The van der Waals surface area contributed by atoms with Gasteiger partial charge in [-0.05, 0) is 29.6 Å². The van der Waals surface area contributed by atoms with Crippen LogP contribution in [0.15, 0.2) is 45.3 Å². The van der Waals surface area contributed by atoms with Gasteiger partial charge in [-0.15, -0.1) is 35.3 Å². The summed E-state index contributed by atoms with van der Waals surface area (Å²) in [5.41, 5.74) is 0. The molecule has 1 saturated heterocycles. The number of aromatic nitrogens is 3. The van der Waals surface area contributed by atoms with Gasteiger partial charge in [-0.1, -0.05) is 0 Å². The van der Waals surface area contributed by atoms with Gasteiger partial charge >= 0.3 is 0 Å². The van der Waals surface area contributed by atoms with Crippen molar-refractivity contribution in [3.8, 4) is 11.6 Å². The van der Waals surface area contributed by atoms with Crippen molar-refractivity contribution in [2.45, 2.75) is 6.42 Å². The molecule has 1 aliphatic rings. The molecule has 0 aliphatic carbocycles. The highest BCUT2D eigenvalue weighted by Crippen LogP contribution is 2.22. The maximum Gasteiger partial charge on any atom is 0.216 e. The highest BCUT2D eigenvalue weighted by Gasteiger charge is 2.20. The molecule has 8 nitrogen and oxygen atoms in total. The fraction of sp³-hybridized carbons (Fsp3) is 0.389. The van der Waals surface area contributed by atoms with E-state index in [0.717, 1.165) is 50.9 Å². The molecule has 4 rings (SSSR count). The van der Waals surface area contributed by atoms with E-state index in [1.54, 1.807) is 17.6 Å². The molecule has 3 aromatic heterocycles. The first-order valence-corrected chi connectivity index (χ1v) is 9.90. The number of thiophene rings is 1. The minimum atomic E-state index is 0. The number of hydrogen-bond acceptors (Lipinski definition) is 6. The summed E-state index contributed by atoms with van der Waals surface area (Å²) in [6.07, 6.45) is 2.36. The maximum atomic E-state index is 5.32. The summed E-state index contributed by atoms with van der Waals surface area (Å²) >= 11 is 1.80. The van der Waals surface area contributed by atoms with Crippen LogP contribution in [0.5, 0.6) is 0 Å². The van der Waals surface area contributed by atoms with E-state index in [9.17, 15) is 0 Å². The number of rotatable bonds is 5. The third kappa shape index (κ3) is 4.85. The number of hydrogen-bond donors (Lipinski definition) is 2. The topological polar surface area (TPSA) is 85.6 Å². The van der Waals surface area contributed by atoms with Crippen molar-refractivity contribution in [3.05, 3.63) is 41.7 Å².